The van der Waals surface area contributed by atoms with E-state index in [1.807, 2.05) is 12.3 Å². The number of ether oxygens (including phenoxy) is 1. The first-order valence-corrected chi connectivity index (χ1v) is 6.81. The average molecular weight is 245 g/mol. The first-order valence-electron chi connectivity index (χ1n) is 6.81. The van der Waals surface area contributed by atoms with Gasteiger partial charge in [-0.1, -0.05) is 13.3 Å². The Hall–Kier alpha value is -1.22. The van der Waals surface area contributed by atoms with E-state index >= 15 is 0 Å². The number of hydrogen-bond donors (Lipinski definition) is 0. The molecule has 18 heavy (non-hydrogen) atoms. The molecule has 0 spiro atoms. The Morgan fingerprint density at radius 2 is 2.33 bits per heavy atom. The van der Waals surface area contributed by atoms with Crippen LogP contribution in [0, 0.1) is 5.92 Å². The molecular formula is C15H19NO2. The minimum absolute atomic E-state index is 0.214. The lowest BCUT2D eigenvalue weighted by atomic mass is 9.80. The van der Waals surface area contributed by atoms with Crippen molar-refractivity contribution in [1.29, 1.82) is 0 Å². The highest BCUT2D eigenvalue weighted by molar-refractivity contribution is 5.96. The lowest BCUT2D eigenvalue weighted by Gasteiger charge is -2.25. The van der Waals surface area contributed by atoms with Gasteiger partial charge in [0.2, 0.25) is 0 Å². The number of fused-ring (bicyclic) bond motifs is 1. The molecule has 0 aromatic carbocycles. The zero-order chi connectivity index (χ0) is 12.8. The van der Waals surface area contributed by atoms with Crippen LogP contribution in [-0.4, -0.2) is 10.8 Å². The molecule has 0 radical (unpaired) electrons. The molecule has 3 nitrogen and oxygen atoms in total. The number of rotatable bonds is 3. The van der Waals surface area contributed by atoms with Crippen molar-refractivity contribution in [3.63, 3.8) is 0 Å². The topological polar surface area (TPSA) is 39.2 Å². The molecule has 0 amide bonds. The predicted octanol–water partition coefficient (Wildman–Crippen LogP) is 3.22. The summed E-state index contributed by atoms with van der Waals surface area (Å²) in [5.41, 5.74) is 2.67. The van der Waals surface area contributed by atoms with E-state index in [1.54, 1.807) is 0 Å². The van der Waals surface area contributed by atoms with Crippen molar-refractivity contribution in [2.45, 2.75) is 51.7 Å². The lowest BCUT2D eigenvalue weighted by molar-refractivity contribution is -0.0259. The highest BCUT2D eigenvalue weighted by atomic mass is 16.5. The maximum absolute atomic E-state index is 12.2. The molecule has 96 valence electrons. The molecular weight excluding hydrogens is 226 g/mol. The molecule has 3 heteroatoms. The highest BCUT2D eigenvalue weighted by Crippen LogP contribution is 2.39. The van der Waals surface area contributed by atoms with Crippen LogP contribution in [-0.2, 0) is 16.9 Å². The molecule has 1 fully saturated rings. The Balaban J connectivity index is 1.95. The summed E-state index contributed by atoms with van der Waals surface area (Å²) in [5.74, 6) is 0.431. The Morgan fingerprint density at radius 1 is 1.56 bits per heavy atom. The molecule has 1 saturated carbocycles. The van der Waals surface area contributed by atoms with Crippen molar-refractivity contribution < 1.29 is 9.53 Å². The first kappa shape index (κ1) is 11.8. The van der Waals surface area contributed by atoms with E-state index in [0.29, 0.717) is 12.3 Å². The fourth-order valence-corrected chi connectivity index (χ4v) is 2.71. The molecule has 2 aliphatic rings. The molecule has 0 saturated heterocycles. The van der Waals surface area contributed by atoms with Gasteiger partial charge in [0.15, 0.2) is 5.78 Å². The maximum Gasteiger partial charge on any atom is 0.184 e. The van der Waals surface area contributed by atoms with Crippen molar-refractivity contribution in [2.24, 2.45) is 5.92 Å². The van der Waals surface area contributed by atoms with Crippen LogP contribution < -0.4 is 0 Å². The number of carbonyl (C=O) groups is 1. The predicted molar refractivity (Wildman–Crippen MR) is 68.3 cm³/mol. The number of Topliss-reactive ketones (excluding diaryl/α,β-unsaturated/α-hetero) is 1. The van der Waals surface area contributed by atoms with E-state index in [1.165, 1.54) is 6.42 Å². The van der Waals surface area contributed by atoms with Crippen LogP contribution in [0.3, 0.4) is 0 Å². The van der Waals surface area contributed by atoms with E-state index in [0.717, 1.165) is 30.4 Å². The molecule has 1 aliphatic heterocycles. The molecule has 1 atom stereocenters. The van der Waals surface area contributed by atoms with Gasteiger partial charge in [0.1, 0.15) is 5.69 Å². The summed E-state index contributed by atoms with van der Waals surface area (Å²) in [7, 11) is 0. The number of ketones is 1. The first-order chi connectivity index (χ1) is 8.64. The summed E-state index contributed by atoms with van der Waals surface area (Å²) in [6.07, 6.45) is 5.97. The third kappa shape index (κ3) is 1.69. The van der Waals surface area contributed by atoms with Crippen LogP contribution in [0.25, 0.3) is 0 Å². The average Bonchev–Trinajstić information content (AvgIpc) is 2.65. The number of aromatic nitrogens is 1. The van der Waals surface area contributed by atoms with Crippen molar-refractivity contribution >= 4 is 5.78 Å². The molecule has 1 aromatic heterocycles. The number of hydrogen-bond acceptors (Lipinski definition) is 3. The Morgan fingerprint density at radius 3 is 2.94 bits per heavy atom. The number of carbonyl (C=O) groups excluding carboxylic acids is 1. The fourth-order valence-electron chi connectivity index (χ4n) is 2.71. The fraction of sp³-hybridized carbons (Fsp3) is 0.600. The van der Waals surface area contributed by atoms with E-state index in [2.05, 4.69) is 18.8 Å². The molecule has 1 aliphatic carbocycles. The summed E-state index contributed by atoms with van der Waals surface area (Å²) >= 11 is 0. The van der Waals surface area contributed by atoms with Gasteiger partial charge in [-0.3, -0.25) is 9.78 Å². The summed E-state index contributed by atoms with van der Waals surface area (Å²) in [4.78, 5) is 16.5. The van der Waals surface area contributed by atoms with Crippen LogP contribution in [0.1, 0.15) is 61.1 Å². The van der Waals surface area contributed by atoms with Gasteiger partial charge in [-0.05, 0) is 37.8 Å². The van der Waals surface area contributed by atoms with Gasteiger partial charge >= 0.3 is 0 Å². The second kappa shape index (κ2) is 4.16. The lowest BCUT2D eigenvalue weighted by Crippen LogP contribution is -2.24. The third-order valence-corrected chi connectivity index (χ3v) is 4.51. The summed E-state index contributed by atoms with van der Waals surface area (Å²) in [5, 5.41) is 0. The second-order valence-corrected chi connectivity index (χ2v) is 5.59. The van der Waals surface area contributed by atoms with Crippen LogP contribution in [0.5, 0.6) is 0 Å². The SMILES string of the molecule is CCC1(C)OCc2cnc(C(=O)C3CCC3)cc21. The highest BCUT2D eigenvalue weighted by Gasteiger charge is 2.36. The quantitative estimate of drug-likeness (QED) is 0.767. The maximum atomic E-state index is 12.2. The van der Waals surface area contributed by atoms with Crippen LogP contribution in [0.15, 0.2) is 12.3 Å². The molecule has 3 rings (SSSR count). The van der Waals surface area contributed by atoms with Crippen LogP contribution in [0.4, 0.5) is 0 Å². The number of nitrogens with zero attached hydrogens (tertiary/aromatic N) is 1. The molecule has 0 N–H and O–H groups in total. The van der Waals surface area contributed by atoms with E-state index in [-0.39, 0.29) is 17.3 Å². The van der Waals surface area contributed by atoms with Crippen molar-refractivity contribution in [1.82, 2.24) is 4.98 Å². The standard InChI is InChI=1S/C15H19NO2/c1-3-15(2)12-7-13(14(17)10-5-4-6-10)16-8-11(12)9-18-15/h7-8,10H,3-6,9H2,1-2H3. The van der Waals surface area contributed by atoms with Gasteiger partial charge in [-0.25, -0.2) is 0 Å². The largest absolute Gasteiger partial charge is 0.366 e. The minimum Gasteiger partial charge on any atom is -0.366 e. The molecule has 2 heterocycles. The van der Waals surface area contributed by atoms with Gasteiger partial charge in [-0.15, -0.1) is 0 Å². The normalized spacial score (nSPS) is 26.8. The van der Waals surface area contributed by atoms with Gasteiger partial charge in [0, 0.05) is 17.7 Å². The molecule has 1 unspecified atom stereocenters. The smallest absolute Gasteiger partial charge is 0.184 e. The zero-order valence-electron chi connectivity index (χ0n) is 11.0. The van der Waals surface area contributed by atoms with E-state index < -0.39 is 0 Å². The monoisotopic (exact) mass is 245 g/mol. The van der Waals surface area contributed by atoms with Gasteiger partial charge in [0.25, 0.3) is 0 Å². The molecule has 0 bridgehead atoms. The number of pyridine rings is 1. The summed E-state index contributed by atoms with van der Waals surface area (Å²) in [6.45, 7) is 4.82. The summed E-state index contributed by atoms with van der Waals surface area (Å²) < 4.78 is 5.84. The summed E-state index contributed by atoms with van der Waals surface area (Å²) in [6, 6.07) is 1.96. The van der Waals surface area contributed by atoms with Gasteiger partial charge < -0.3 is 4.74 Å². The Bertz CT molecular complexity index is 493. The minimum atomic E-state index is -0.243. The van der Waals surface area contributed by atoms with Gasteiger partial charge in [0.05, 0.1) is 12.2 Å². The van der Waals surface area contributed by atoms with Gasteiger partial charge in [-0.2, -0.15) is 0 Å². The second-order valence-electron chi connectivity index (χ2n) is 5.59. The van der Waals surface area contributed by atoms with Crippen molar-refractivity contribution in [3.05, 3.63) is 29.1 Å². The Labute approximate surface area is 108 Å². The molecule has 1 aromatic rings. The van der Waals surface area contributed by atoms with Crippen LogP contribution >= 0.6 is 0 Å². The van der Waals surface area contributed by atoms with Crippen LogP contribution in [0.2, 0.25) is 0 Å². The Kier molecular flexibility index (Phi) is 2.74. The van der Waals surface area contributed by atoms with Crippen molar-refractivity contribution in [3.8, 4) is 0 Å². The van der Waals surface area contributed by atoms with Crippen molar-refractivity contribution in [2.75, 3.05) is 0 Å². The van der Waals surface area contributed by atoms with E-state index in [9.17, 15) is 4.79 Å². The van der Waals surface area contributed by atoms with E-state index in [4.69, 9.17) is 4.74 Å². The third-order valence-electron chi connectivity index (χ3n) is 4.51. The zero-order valence-corrected chi connectivity index (χ0v) is 11.0.